The minimum absolute atomic E-state index is 0.157. The SMILES string of the molecule is CC.CC(C)c1ccn2nccc2c1F. The molecule has 0 aliphatic carbocycles. The fourth-order valence-corrected chi connectivity index (χ4v) is 1.42. The van der Waals surface area contributed by atoms with Crippen molar-refractivity contribution in [3.63, 3.8) is 0 Å². The molecule has 15 heavy (non-hydrogen) atoms. The molecule has 0 atom stereocenters. The summed E-state index contributed by atoms with van der Waals surface area (Å²) < 4.78 is 15.2. The van der Waals surface area contributed by atoms with E-state index in [-0.39, 0.29) is 11.7 Å². The van der Waals surface area contributed by atoms with E-state index in [1.165, 1.54) is 0 Å². The van der Waals surface area contributed by atoms with Gasteiger partial charge in [0.05, 0.1) is 6.20 Å². The fourth-order valence-electron chi connectivity index (χ4n) is 1.42. The van der Waals surface area contributed by atoms with Gasteiger partial charge in [0.1, 0.15) is 5.52 Å². The molecule has 0 fully saturated rings. The van der Waals surface area contributed by atoms with E-state index in [9.17, 15) is 4.39 Å². The lowest BCUT2D eigenvalue weighted by Gasteiger charge is -2.07. The minimum Gasteiger partial charge on any atom is -0.238 e. The second-order valence-electron chi connectivity index (χ2n) is 3.40. The molecule has 3 heteroatoms. The maximum atomic E-state index is 13.7. The van der Waals surface area contributed by atoms with E-state index < -0.39 is 0 Å². The molecule has 82 valence electrons. The van der Waals surface area contributed by atoms with E-state index in [1.54, 1.807) is 29.0 Å². The average Bonchev–Trinajstić information content (AvgIpc) is 2.69. The highest BCUT2D eigenvalue weighted by atomic mass is 19.1. The van der Waals surface area contributed by atoms with Gasteiger partial charge in [0.2, 0.25) is 0 Å². The Morgan fingerprint density at radius 2 is 1.93 bits per heavy atom. The quantitative estimate of drug-likeness (QED) is 0.699. The van der Waals surface area contributed by atoms with Gasteiger partial charge in [-0.2, -0.15) is 5.10 Å². The Hall–Kier alpha value is -1.38. The average molecular weight is 208 g/mol. The monoisotopic (exact) mass is 208 g/mol. The summed E-state index contributed by atoms with van der Waals surface area (Å²) in [5, 5.41) is 3.96. The Bertz CT molecular complexity index is 432. The summed E-state index contributed by atoms with van der Waals surface area (Å²) in [6.45, 7) is 7.95. The van der Waals surface area contributed by atoms with Gasteiger partial charge in [-0.3, -0.25) is 0 Å². The second-order valence-corrected chi connectivity index (χ2v) is 3.40. The van der Waals surface area contributed by atoms with E-state index in [2.05, 4.69) is 5.10 Å². The smallest absolute Gasteiger partial charge is 0.152 e. The lowest BCUT2D eigenvalue weighted by atomic mass is 10.0. The number of aromatic nitrogens is 2. The maximum absolute atomic E-state index is 13.7. The van der Waals surface area contributed by atoms with Crippen molar-refractivity contribution < 1.29 is 4.39 Å². The number of rotatable bonds is 1. The summed E-state index contributed by atoms with van der Waals surface area (Å²) in [4.78, 5) is 0. The fraction of sp³-hybridized carbons (Fsp3) is 0.417. The van der Waals surface area contributed by atoms with Gasteiger partial charge in [0.15, 0.2) is 5.82 Å². The molecule has 2 heterocycles. The molecule has 0 bridgehead atoms. The van der Waals surface area contributed by atoms with Crippen LogP contribution in [0.3, 0.4) is 0 Å². The van der Waals surface area contributed by atoms with Crippen molar-refractivity contribution in [2.45, 2.75) is 33.6 Å². The number of pyridine rings is 1. The zero-order chi connectivity index (χ0) is 11.4. The predicted octanol–water partition coefficient (Wildman–Crippen LogP) is 3.62. The van der Waals surface area contributed by atoms with Crippen molar-refractivity contribution in [2.24, 2.45) is 0 Å². The van der Waals surface area contributed by atoms with E-state index in [0.29, 0.717) is 5.52 Å². The maximum Gasteiger partial charge on any atom is 0.152 e. The van der Waals surface area contributed by atoms with Crippen molar-refractivity contribution in [3.8, 4) is 0 Å². The first-order chi connectivity index (χ1) is 7.20. The zero-order valence-corrected chi connectivity index (χ0v) is 9.66. The van der Waals surface area contributed by atoms with Crippen molar-refractivity contribution in [3.05, 3.63) is 35.9 Å². The summed E-state index contributed by atoms with van der Waals surface area (Å²) in [5.74, 6) is 0.0508. The highest BCUT2D eigenvalue weighted by molar-refractivity contribution is 5.50. The van der Waals surface area contributed by atoms with E-state index in [1.807, 2.05) is 27.7 Å². The molecular formula is C12H17FN2. The Kier molecular flexibility index (Phi) is 3.83. The molecule has 0 aliphatic rings. The Labute approximate surface area is 89.7 Å². The molecule has 0 aromatic carbocycles. The largest absolute Gasteiger partial charge is 0.238 e. The van der Waals surface area contributed by atoms with Crippen LogP contribution in [0.25, 0.3) is 5.52 Å². The number of nitrogens with zero attached hydrogens (tertiary/aromatic N) is 2. The third-order valence-electron chi connectivity index (χ3n) is 2.17. The number of hydrogen-bond donors (Lipinski definition) is 0. The van der Waals surface area contributed by atoms with Crippen LogP contribution in [0, 0.1) is 5.82 Å². The van der Waals surface area contributed by atoms with E-state index in [0.717, 1.165) is 5.56 Å². The van der Waals surface area contributed by atoms with Gasteiger partial charge in [0, 0.05) is 6.20 Å². The molecular weight excluding hydrogens is 191 g/mol. The third-order valence-corrected chi connectivity index (χ3v) is 2.17. The Morgan fingerprint density at radius 1 is 1.27 bits per heavy atom. The second kappa shape index (κ2) is 4.91. The minimum atomic E-state index is -0.157. The summed E-state index contributed by atoms with van der Waals surface area (Å²) >= 11 is 0. The van der Waals surface area contributed by atoms with Crippen molar-refractivity contribution >= 4 is 5.52 Å². The number of hydrogen-bond acceptors (Lipinski definition) is 1. The van der Waals surface area contributed by atoms with Gasteiger partial charge in [-0.05, 0) is 23.6 Å². The van der Waals surface area contributed by atoms with Crippen LogP contribution in [-0.4, -0.2) is 9.61 Å². The molecule has 2 nitrogen and oxygen atoms in total. The van der Waals surface area contributed by atoms with Gasteiger partial charge in [-0.15, -0.1) is 0 Å². The lowest BCUT2D eigenvalue weighted by Crippen LogP contribution is -1.97. The topological polar surface area (TPSA) is 17.3 Å². The predicted molar refractivity (Wildman–Crippen MR) is 60.6 cm³/mol. The highest BCUT2D eigenvalue weighted by Gasteiger charge is 2.10. The summed E-state index contributed by atoms with van der Waals surface area (Å²) in [6, 6.07) is 3.46. The van der Waals surface area contributed by atoms with Crippen LogP contribution in [0.1, 0.15) is 39.2 Å². The van der Waals surface area contributed by atoms with Crippen LogP contribution in [0.15, 0.2) is 24.5 Å². The van der Waals surface area contributed by atoms with Gasteiger partial charge >= 0.3 is 0 Å². The zero-order valence-electron chi connectivity index (χ0n) is 9.66. The molecule has 2 rings (SSSR count). The van der Waals surface area contributed by atoms with Crippen molar-refractivity contribution in [1.82, 2.24) is 9.61 Å². The third kappa shape index (κ3) is 2.17. The summed E-state index contributed by atoms with van der Waals surface area (Å²) in [6.07, 6.45) is 3.39. The normalized spacial score (nSPS) is 10.3. The van der Waals surface area contributed by atoms with Crippen molar-refractivity contribution in [2.75, 3.05) is 0 Å². The first-order valence-electron chi connectivity index (χ1n) is 5.32. The molecule has 2 aromatic heterocycles. The molecule has 0 aliphatic heterocycles. The van der Waals surface area contributed by atoms with Gasteiger partial charge < -0.3 is 0 Å². The lowest BCUT2D eigenvalue weighted by molar-refractivity contribution is 0.600. The molecule has 0 amide bonds. The van der Waals surface area contributed by atoms with Gasteiger partial charge in [0.25, 0.3) is 0 Å². The first-order valence-corrected chi connectivity index (χ1v) is 5.32. The van der Waals surface area contributed by atoms with Crippen LogP contribution >= 0.6 is 0 Å². The van der Waals surface area contributed by atoms with Gasteiger partial charge in [-0.25, -0.2) is 8.91 Å². The Balaban J connectivity index is 0.000000531. The molecule has 0 unspecified atom stereocenters. The van der Waals surface area contributed by atoms with E-state index in [4.69, 9.17) is 0 Å². The number of halogens is 1. The van der Waals surface area contributed by atoms with Crippen LogP contribution in [-0.2, 0) is 0 Å². The summed E-state index contributed by atoms with van der Waals surface area (Å²) in [7, 11) is 0. The van der Waals surface area contributed by atoms with Crippen molar-refractivity contribution in [1.29, 1.82) is 0 Å². The van der Waals surface area contributed by atoms with Crippen LogP contribution in [0.5, 0.6) is 0 Å². The summed E-state index contributed by atoms with van der Waals surface area (Å²) in [5.41, 5.74) is 1.29. The first kappa shape index (κ1) is 11.7. The highest BCUT2D eigenvalue weighted by Crippen LogP contribution is 2.21. The molecule has 0 radical (unpaired) electrons. The van der Waals surface area contributed by atoms with Crippen LogP contribution < -0.4 is 0 Å². The standard InChI is InChI=1S/C10H11FN2.C2H6/c1-7(2)8-4-6-13-9(10(8)11)3-5-12-13;1-2/h3-7H,1-2H3;1-2H3. The van der Waals surface area contributed by atoms with E-state index >= 15 is 0 Å². The number of fused-ring (bicyclic) bond motifs is 1. The Morgan fingerprint density at radius 3 is 2.53 bits per heavy atom. The molecule has 0 saturated heterocycles. The van der Waals surface area contributed by atoms with Gasteiger partial charge in [-0.1, -0.05) is 27.7 Å². The molecule has 2 aromatic rings. The molecule has 0 spiro atoms. The molecule has 0 saturated carbocycles. The van der Waals surface area contributed by atoms with Crippen LogP contribution in [0.4, 0.5) is 4.39 Å². The van der Waals surface area contributed by atoms with Crippen LogP contribution in [0.2, 0.25) is 0 Å². The molecule has 0 N–H and O–H groups in total.